The highest BCUT2D eigenvalue weighted by Crippen LogP contribution is 2.18. The number of nitrogens with one attached hydrogen (secondary N) is 2. The second-order valence-corrected chi connectivity index (χ2v) is 5.29. The molecule has 0 radical (unpaired) electrons. The number of ether oxygens (including phenoxy) is 1. The number of hydrogen-bond acceptors (Lipinski definition) is 3. The van der Waals surface area contributed by atoms with Gasteiger partial charge >= 0.3 is 6.18 Å². The van der Waals surface area contributed by atoms with E-state index in [1.54, 1.807) is 7.11 Å². The molecule has 1 aromatic rings. The van der Waals surface area contributed by atoms with Gasteiger partial charge in [0.1, 0.15) is 5.75 Å². The van der Waals surface area contributed by atoms with Crippen molar-refractivity contribution in [1.29, 1.82) is 0 Å². The van der Waals surface area contributed by atoms with Crippen LogP contribution in [0.5, 0.6) is 5.75 Å². The van der Waals surface area contributed by atoms with Gasteiger partial charge in [0.15, 0.2) is 5.96 Å². The zero-order valence-corrected chi connectivity index (χ0v) is 17.0. The SMILES string of the molecule is CCNC(=NCc1ccccc1OC)NCCN(C)CC(F)(F)F.I. The molecule has 0 saturated carbocycles. The van der Waals surface area contributed by atoms with Gasteiger partial charge in [-0.25, -0.2) is 4.99 Å². The molecule has 0 unspecified atom stereocenters. The van der Waals surface area contributed by atoms with Crippen molar-refractivity contribution in [3.8, 4) is 5.75 Å². The van der Waals surface area contributed by atoms with E-state index < -0.39 is 12.7 Å². The lowest BCUT2D eigenvalue weighted by atomic mass is 10.2. The summed E-state index contributed by atoms with van der Waals surface area (Å²) in [4.78, 5) is 5.66. The maximum absolute atomic E-state index is 12.3. The highest BCUT2D eigenvalue weighted by Gasteiger charge is 2.28. The van der Waals surface area contributed by atoms with E-state index in [0.29, 0.717) is 25.6 Å². The van der Waals surface area contributed by atoms with Crippen LogP contribution in [-0.2, 0) is 6.54 Å². The molecule has 0 aromatic heterocycles. The topological polar surface area (TPSA) is 48.9 Å². The molecule has 9 heteroatoms. The fourth-order valence-corrected chi connectivity index (χ4v) is 2.09. The van der Waals surface area contributed by atoms with Gasteiger partial charge in [-0.3, -0.25) is 4.90 Å². The highest BCUT2D eigenvalue weighted by molar-refractivity contribution is 14.0. The Morgan fingerprint density at radius 3 is 2.52 bits per heavy atom. The highest BCUT2D eigenvalue weighted by atomic mass is 127. The van der Waals surface area contributed by atoms with Gasteiger partial charge in [0, 0.05) is 25.2 Å². The van der Waals surface area contributed by atoms with Crippen LogP contribution in [0.1, 0.15) is 12.5 Å². The van der Waals surface area contributed by atoms with Crippen molar-refractivity contribution >= 4 is 29.9 Å². The molecule has 0 aliphatic carbocycles. The van der Waals surface area contributed by atoms with E-state index in [1.165, 1.54) is 11.9 Å². The van der Waals surface area contributed by atoms with Gasteiger partial charge in [0.05, 0.1) is 20.2 Å². The molecule has 0 aliphatic heterocycles. The summed E-state index contributed by atoms with van der Waals surface area (Å²) in [6.45, 7) is 2.70. The minimum absolute atomic E-state index is 0. The van der Waals surface area contributed by atoms with Crippen molar-refractivity contribution in [3.05, 3.63) is 29.8 Å². The smallest absolute Gasteiger partial charge is 0.401 e. The first-order valence-corrected chi connectivity index (χ1v) is 7.75. The predicted octanol–water partition coefficient (Wildman–Crippen LogP) is 2.86. The number of rotatable bonds is 8. The Morgan fingerprint density at radius 1 is 1.24 bits per heavy atom. The van der Waals surface area contributed by atoms with E-state index in [4.69, 9.17) is 4.74 Å². The number of alkyl halides is 3. The van der Waals surface area contributed by atoms with E-state index >= 15 is 0 Å². The number of nitrogens with zero attached hydrogens (tertiary/aromatic N) is 2. The summed E-state index contributed by atoms with van der Waals surface area (Å²) in [6, 6.07) is 7.56. The number of halogens is 4. The fourth-order valence-electron chi connectivity index (χ4n) is 2.09. The lowest BCUT2D eigenvalue weighted by Crippen LogP contribution is -2.42. The summed E-state index contributed by atoms with van der Waals surface area (Å²) in [7, 11) is 3.04. The molecular weight excluding hydrogens is 448 g/mol. The zero-order valence-electron chi connectivity index (χ0n) is 14.7. The molecule has 1 rings (SSSR count). The monoisotopic (exact) mass is 474 g/mol. The van der Waals surface area contributed by atoms with Gasteiger partial charge in [-0.2, -0.15) is 13.2 Å². The van der Waals surface area contributed by atoms with Crippen molar-refractivity contribution in [3.63, 3.8) is 0 Å². The number of para-hydroxylation sites is 1. The molecule has 0 fully saturated rings. The molecule has 0 heterocycles. The molecule has 144 valence electrons. The van der Waals surface area contributed by atoms with Gasteiger partial charge in [-0.15, -0.1) is 24.0 Å². The Hall–Kier alpha value is -1.23. The number of likely N-dealkylation sites (N-methyl/N-ethyl adjacent to an activating group) is 1. The van der Waals surface area contributed by atoms with E-state index in [0.717, 1.165) is 11.3 Å². The van der Waals surface area contributed by atoms with Gasteiger partial charge in [-0.05, 0) is 20.0 Å². The minimum atomic E-state index is -4.18. The number of guanidine groups is 1. The van der Waals surface area contributed by atoms with Gasteiger partial charge in [0.2, 0.25) is 0 Å². The van der Waals surface area contributed by atoms with Crippen molar-refractivity contribution in [2.75, 3.05) is 40.3 Å². The quantitative estimate of drug-likeness (QED) is 0.346. The largest absolute Gasteiger partial charge is 0.496 e. The Morgan fingerprint density at radius 2 is 1.92 bits per heavy atom. The maximum atomic E-state index is 12.3. The maximum Gasteiger partial charge on any atom is 0.401 e. The molecule has 5 nitrogen and oxygen atoms in total. The van der Waals surface area contributed by atoms with E-state index in [9.17, 15) is 13.2 Å². The number of aliphatic imine (C=N–C) groups is 1. The third-order valence-corrected chi connectivity index (χ3v) is 3.18. The molecule has 0 atom stereocenters. The average molecular weight is 474 g/mol. The van der Waals surface area contributed by atoms with Crippen LogP contribution < -0.4 is 15.4 Å². The molecule has 0 amide bonds. The molecular formula is C16H26F3IN4O. The normalized spacial score (nSPS) is 11.9. The third-order valence-electron chi connectivity index (χ3n) is 3.18. The van der Waals surface area contributed by atoms with Gasteiger partial charge in [0.25, 0.3) is 0 Å². The van der Waals surface area contributed by atoms with Crippen LogP contribution in [0.15, 0.2) is 29.3 Å². The molecule has 1 aromatic carbocycles. The average Bonchev–Trinajstić information content (AvgIpc) is 2.51. The standard InChI is InChI=1S/C16H25F3N4O.HI/c1-4-20-15(21-9-10-23(2)12-16(17,18)19)22-11-13-7-5-6-8-14(13)24-3;/h5-8H,4,9-12H2,1-3H3,(H2,20,21,22);1H. The second-order valence-electron chi connectivity index (χ2n) is 5.29. The first-order chi connectivity index (χ1) is 11.4. The summed E-state index contributed by atoms with van der Waals surface area (Å²) in [6.07, 6.45) is -4.18. The zero-order chi connectivity index (χ0) is 18.0. The van der Waals surface area contributed by atoms with Crippen LogP contribution >= 0.6 is 24.0 Å². The molecule has 2 N–H and O–H groups in total. The first kappa shape index (κ1) is 23.8. The van der Waals surface area contributed by atoms with Crippen LogP contribution in [0.4, 0.5) is 13.2 Å². The number of benzene rings is 1. The lowest BCUT2D eigenvalue weighted by molar-refractivity contribution is -0.142. The molecule has 0 saturated heterocycles. The Kier molecular flexibility index (Phi) is 11.6. The van der Waals surface area contributed by atoms with Crippen molar-refractivity contribution in [2.24, 2.45) is 4.99 Å². The molecule has 0 spiro atoms. The summed E-state index contributed by atoms with van der Waals surface area (Å²) < 4.78 is 42.1. The van der Waals surface area contributed by atoms with Crippen molar-refractivity contribution in [1.82, 2.24) is 15.5 Å². The van der Waals surface area contributed by atoms with Gasteiger partial charge in [-0.1, -0.05) is 18.2 Å². The van der Waals surface area contributed by atoms with Crippen LogP contribution in [0, 0.1) is 0 Å². The summed E-state index contributed by atoms with van der Waals surface area (Å²) in [5.41, 5.74) is 0.936. The number of hydrogen-bond donors (Lipinski definition) is 2. The summed E-state index contributed by atoms with van der Waals surface area (Å²) in [5, 5.41) is 6.10. The Balaban J connectivity index is 0.00000576. The Labute approximate surface area is 164 Å². The fraction of sp³-hybridized carbons (Fsp3) is 0.562. The van der Waals surface area contributed by atoms with Crippen molar-refractivity contribution in [2.45, 2.75) is 19.6 Å². The molecule has 0 bridgehead atoms. The molecule has 0 aliphatic rings. The first-order valence-electron chi connectivity index (χ1n) is 7.75. The van der Waals surface area contributed by atoms with Crippen LogP contribution in [-0.4, -0.2) is 57.4 Å². The minimum Gasteiger partial charge on any atom is -0.496 e. The van der Waals surface area contributed by atoms with E-state index in [-0.39, 0.29) is 30.5 Å². The summed E-state index contributed by atoms with van der Waals surface area (Å²) in [5.74, 6) is 1.31. The third kappa shape index (κ3) is 10.4. The van der Waals surface area contributed by atoms with Crippen molar-refractivity contribution < 1.29 is 17.9 Å². The lowest BCUT2D eigenvalue weighted by Gasteiger charge is -2.19. The van der Waals surface area contributed by atoms with Crippen LogP contribution in [0.25, 0.3) is 0 Å². The van der Waals surface area contributed by atoms with Gasteiger partial charge < -0.3 is 15.4 Å². The number of methoxy groups -OCH3 is 1. The van der Waals surface area contributed by atoms with Crippen LogP contribution in [0.3, 0.4) is 0 Å². The molecule has 25 heavy (non-hydrogen) atoms. The second kappa shape index (κ2) is 12.2. The van der Waals surface area contributed by atoms with Crippen LogP contribution in [0.2, 0.25) is 0 Å². The van der Waals surface area contributed by atoms with E-state index in [1.807, 2.05) is 31.2 Å². The summed E-state index contributed by atoms with van der Waals surface area (Å²) >= 11 is 0. The Bertz CT molecular complexity index is 526. The predicted molar refractivity (Wildman–Crippen MR) is 105 cm³/mol. The van der Waals surface area contributed by atoms with E-state index in [2.05, 4.69) is 15.6 Å².